The van der Waals surface area contributed by atoms with Gasteiger partial charge in [0.25, 0.3) is 5.91 Å². The van der Waals surface area contributed by atoms with Gasteiger partial charge in [-0.05, 0) is 19.1 Å². The van der Waals surface area contributed by atoms with Crippen LogP contribution in [-0.2, 0) is 0 Å². The third-order valence-electron chi connectivity index (χ3n) is 4.23. The molecular formula is C18H20ClN5OS. The first-order valence-corrected chi connectivity index (χ1v) is 9.17. The normalized spacial score (nSPS) is 17.0. The Morgan fingerprint density at radius 2 is 2.12 bits per heavy atom. The fourth-order valence-corrected chi connectivity index (χ4v) is 3.71. The molecule has 1 aliphatic heterocycles. The van der Waals surface area contributed by atoms with Crippen LogP contribution in [-0.4, -0.2) is 51.2 Å². The Hall–Kier alpha value is -2.22. The van der Waals surface area contributed by atoms with Crippen LogP contribution >= 0.6 is 23.7 Å². The van der Waals surface area contributed by atoms with Crippen LogP contribution < -0.4 is 5.32 Å². The molecule has 2 aromatic heterocycles. The summed E-state index contributed by atoms with van der Waals surface area (Å²) >= 11 is 1.48. The van der Waals surface area contributed by atoms with Crippen LogP contribution in [0.2, 0.25) is 0 Å². The second-order valence-electron chi connectivity index (χ2n) is 6.15. The van der Waals surface area contributed by atoms with Gasteiger partial charge in [-0.15, -0.1) is 23.7 Å². The summed E-state index contributed by atoms with van der Waals surface area (Å²) in [7, 11) is 0. The molecule has 1 amide bonds. The van der Waals surface area contributed by atoms with Crippen molar-refractivity contribution >= 4 is 29.7 Å². The van der Waals surface area contributed by atoms with Crippen LogP contribution in [0.1, 0.15) is 17.4 Å². The van der Waals surface area contributed by atoms with E-state index in [1.807, 2.05) is 51.5 Å². The number of halogens is 1. The molecule has 1 fully saturated rings. The van der Waals surface area contributed by atoms with Crippen molar-refractivity contribution in [1.82, 2.24) is 25.0 Å². The Morgan fingerprint density at radius 3 is 2.88 bits per heavy atom. The summed E-state index contributed by atoms with van der Waals surface area (Å²) in [6.45, 7) is 4.36. The average molecular weight is 390 g/mol. The van der Waals surface area contributed by atoms with Crippen LogP contribution in [0, 0.1) is 0 Å². The maximum atomic E-state index is 12.6. The van der Waals surface area contributed by atoms with E-state index in [0.717, 1.165) is 35.9 Å². The van der Waals surface area contributed by atoms with Crippen LogP contribution in [0.15, 0.2) is 48.1 Å². The Bertz CT molecular complexity index is 879. The second kappa shape index (κ2) is 7.99. The van der Waals surface area contributed by atoms with Gasteiger partial charge in [-0.2, -0.15) is 5.10 Å². The van der Waals surface area contributed by atoms with Gasteiger partial charge in [0, 0.05) is 42.8 Å². The van der Waals surface area contributed by atoms with Crippen LogP contribution in [0.5, 0.6) is 0 Å². The quantitative estimate of drug-likeness (QED) is 0.748. The van der Waals surface area contributed by atoms with Crippen molar-refractivity contribution < 1.29 is 4.79 Å². The minimum absolute atomic E-state index is 0. The number of carbonyl (C=O) groups is 1. The van der Waals surface area contributed by atoms with Crippen molar-refractivity contribution in [2.24, 2.45) is 0 Å². The Kier molecular flexibility index (Phi) is 5.70. The van der Waals surface area contributed by atoms with Gasteiger partial charge in [0.05, 0.1) is 11.9 Å². The zero-order chi connectivity index (χ0) is 17.2. The van der Waals surface area contributed by atoms with E-state index in [0.29, 0.717) is 11.7 Å². The molecule has 4 rings (SSSR count). The molecule has 1 saturated heterocycles. The minimum atomic E-state index is 0. The number of benzene rings is 1. The molecule has 26 heavy (non-hydrogen) atoms. The van der Waals surface area contributed by atoms with Crippen LogP contribution in [0.3, 0.4) is 0 Å². The molecule has 1 atom stereocenters. The van der Waals surface area contributed by atoms with E-state index >= 15 is 0 Å². The van der Waals surface area contributed by atoms with Crippen molar-refractivity contribution in [2.75, 3.05) is 19.6 Å². The third-order valence-corrected chi connectivity index (χ3v) is 5.12. The Morgan fingerprint density at radius 1 is 1.31 bits per heavy atom. The van der Waals surface area contributed by atoms with Gasteiger partial charge in [-0.3, -0.25) is 4.79 Å². The van der Waals surface area contributed by atoms with Crippen LogP contribution in [0.4, 0.5) is 0 Å². The molecule has 0 saturated carbocycles. The zero-order valence-corrected chi connectivity index (χ0v) is 16.0. The van der Waals surface area contributed by atoms with E-state index in [1.54, 1.807) is 6.20 Å². The monoisotopic (exact) mass is 389 g/mol. The molecule has 1 aliphatic rings. The largest absolute Gasteiger partial charge is 0.334 e. The van der Waals surface area contributed by atoms with Gasteiger partial charge in [0.2, 0.25) is 0 Å². The van der Waals surface area contributed by atoms with Crippen molar-refractivity contribution in [3.8, 4) is 16.3 Å². The predicted octanol–water partition coefficient (Wildman–Crippen LogP) is 2.85. The molecule has 0 spiro atoms. The lowest BCUT2D eigenvalue weighted by molar-refractivity contribution is 0.0704. The van der Waals surface area contributed by atoms with Crippen molar-refractivity contribution in [3.63, 3.8) is 0 Å². The zero-order valence-electron chi connectivity index (χ0n) is 14.3. The lowest BCUT2D eigenvalue weighted by atomic mass is 10.2. The fraction of sp³-hybridized carbons (Fsp3) is 0.278. The number of aromatic nitrogens is 3. The van der Waals surface area contributed by atoms with Gasteiger partial charge in [-0.25, -0.2) is 9.67 Å². The Labute approximate surface area is 162 Å². The predicted molar refractivity (Wildman–Crippen MR) is 105 cm³/mol. The van der Waals surface area contributed by atoms with E-state index in [9.17, 15) is 4.79 Å². The second-order valence-corrected chi connectivity index (χ2v) is 7.01. The first kappa shape index (κ1) is 18.6. The maximum absolute atomic E-state index is 12.6. The molecule has 0 radical (unpaired) electrons. The summed E-state index contributed by atoms with van der Waals surface area (Å²) in [5.74, 6) is 0.00583. The van der Waals surface area contributed by atoms with Gasteiger partial charge >= 0.3 is 0 Å². The van der Waals surface area contributed by atoms with E-state index in [-0.39, 0.29) is 18.3 Å². The molecule has 0 bridgehead atoms. The molecule has 3 aromatic rings. The number of amides is 1. The van der Waals surface area contributed by atoms with Crippen molar-refractivity contribution in [1.29, 1.82) is 0 Å². The number of hydrogen-bond donors (Lipinski definition) is 1. The molecule has 136 valence electrons. The highest BCUT2D eigenvalue weighted by Crippen LogP contribution is 2.25. The van der Waals surface area contributed by atoms with Gasteiger partial charge in [0.15, 0.2) is 0 Å². The first-order chi connectivity index (χ1) is 12.2. The number of nitrogens with zero attached hydrogens (tertiary/aromatic N) is 4. The average Bonchev–Trinajstić information content (AvgIpc) is 3.31. The summed E-state index contributed by atoms with van der Waals surface area (Å²) in [4.78, 5) is 19.0. The van der Waals surface area contributed by atoms with E-state index < -0.39 is 0 Å². The summed E-state index contributed by atoms with van der Waals surface area (Å²) < 4.78 is 1.82. The van der Waals surface area contributed by atoms with E-state index in [1.165, 1.54) is 11.3 Å². The number of para-hydroxylation sites is 1. The minimum Gasteiger partial charge on any atom is -0.334 e. The summed E-state index contributed by atoms with van der Waals surface area (Å²) in [6, 6.07) is 10.2. The molecule has 0 aliphatic carbocycles. The Balaban J connectivity index is 0.00000196. The molecule has 0 unspecified atom stereocenters. The standard InChI is InChI=1S/C18H19N5OS.ClH/c1-13-10-22(8-7-19-13)18(24)16-12-25-17(21-16)14-9-20-23(11-14)15-5-3-2-4-6-15;/h2-6,9,11-13,19H,7-8,10H2,1H3;1H/t13-;/m0./s1. The fourth-order valence-electron chi connectivity index (χ4n) is 2.94. The number of carbonyl (C=O) groups excluding carboxylic acids is 1. The lowest BCUT2D eigenvalue weighted by Gasteiger charge is -2.31. The smallest absolute Gasteiger partial charge is 0.273 e. The molecule has 6 nitrogen and oxygen atoms in total. The molecule has 1 aromatic carbocycles. The van der Waals surface area contributed by atoms with Gasteiger partial charge in [0.1, 0.15) is 10.7 Å². The molecular weight excluding hydrogens is 370 g/mol. The lowest BCUT2D eigenvalue weighted by Crippen LogP contribution is -2.51. The van der Waals surface area contributed by atoms with Crippen LogP contribution in [0.25, 0.3) is 16.3 Å². The highest BCUT2D eigenvalue weighted by molar-refractivity contribution is 7.13. The SMILES string of the molecule is C[C@H]1CN(C(=O)c2csc(-c3cnn(-c4ccccc4)c3)n2)CCN1.Cl. The summed E-state index contributed by atoms with van der Waals surface area (Å²) in [5, 5.41) is 10.4. The summed E-state index contributed by atoms with van der Waals surface area (Å²) in [6.07, 6.45) is 3.72. The van der Waals surface area contributed by atoms with E-state index in [2.05, 4.69) is 22.3 Å². The number of thiazole rings is 1. The van der Waals surface area contributed by atoms with Crippen molar-refractivity contribution in [3.05, 3.63) is 53.8 Å². The first-order valence-electron chi connectivity index (χ1n) is 8.29. The number of hydrogen-bond acceptors (Lipinski definition) is 5. The number of nitrogens with one attached hydrogen (secondary N) is 1. The summed E-state index contributed by atoms with van der Waals surface area (Å²) in [5.41, 5.74) is 2.43. The maximum Gasteiger partial charge on any atom is 0.273 e. The van der Waals surface area contributed by atoms with Gasteiger partial charge in [-0.1, -0.05) is 18.2 Å². The number of rotatable bonds is 3. The topological polar surface area (TPSA) is 63.1 Å². The molecule has 8 heteroatoms. The molecule has 3 heterocycles. The van der Waals surface area contributed by atoms with Gasteiger partial charge < -0.3 is 10.2 Å². The van der Waals surface area contributed by atoms with E-state index in [4.69, 9.17) is 0 Å². The molecule has 1 N–H and O–H groups in total. The number of piperazine rings is 1. The highest BCUT2D eigenvalue weighted by Gasteiger charge is 2.23. The van der Waals surface area contributed by atoms with Crippen molar-refractivity contribution in [2.45, 2.75) is 13.0 Å². The third kappa shape index (κ3) is 3.80. The highest BCUT2D eigenvalue weighted by atomic mass is 35.5.